The summed E-state index contributed by atoms with van der Waals surface area (Å²) in [6.45, 7) is 5.36. The molecule has 2 aromatic carbocycles. The molecule has 0 saturated heterocycles. The minimum Gasteiger partial charge on any atom is -0.325 e. The molecule has 0 spiro atoms. The summed E-state index contributed by atoms with van der Waals surface area (Å²) in [5, 5.41) is 11.4. The number of carbonyl (C=O) groups is 2. The minimum atomic E-state index is -0.574. The number of ketones is 1. The summed E-state index contributed by atoms with van der Waals surface area (Å²) in [7, 11) is 0. The van der Waals surface area contributed by atoms with Crippen LogP contribution >= 0.6 is 11.8 Å². The van der Waals surface area contributed by atoms with E-state index >= 15 is 0 Å². The van der Waals surface area contributed by atoms with Crippen LogP contribution in [0.3, 0.4) is 0 Å². The highest BCUT2D eigenvalue weighted by atomic mass is 32.2. The second-order valence-electron chi connectivity index (χ2n) is 7.19. The predicted molar refractivity (Wildman–Crippen MR) is 120 cm³/mol. The first kappa shape index (κ1) is 20.7. The number of anilines is 1. The summed E-state index contributed by atoms with van der Waals surface area (Å²) in [6.07, 6.45) is 0. The molecule has 0 aliphatic carbocycles. The van der Waals surface area contributed by atoms with E-state index in [9.17, 15) is 9.59 Å². The van der Waals surface area contributed by atoms with E-state index in [1.165, 1.54) is 18.7 Å². The number of nitrogens with zero attached hydrogens (tertiary/aromatic N) is 4. The summed E-state index contributed by atoms with van der Waals surface area (Å²) < 4.78 is 1.84. The van der Waals surface area contributed by atoms with Crippen molar-refractivity contribution in [1.29, 1.82) is 0 Å². The Labute approximate surface area is 183 Å². The van der Waals surface area contributed by atoms with Crippen molar-refractivity contribution in [2.75, 3.05) is 5.32 Å². The van der Waals surface area contributed by atoms with Crippen molar-refractivity contribution in [3.05, 3.63) is 83.2 Å². The number of aromatic nitrogens is 4. The molecule has 0 aliphatic rings. The smallest absolute Gasteiger partial charge is 0.256 e. The van der Waals surface area contributed by atoms with Gasteiger partial charge in [-0.3, -0.25) is 14.0 Å². The number of amides is 1. The Bertz CT molecular complexity index is 1270. The van der Waals surface area contributed by atoms with Gasteiger partial charge in [0.1, 0.15) is 5.25 Å². The molecule has 1 unspecified atom stereocenters. The van der Waals surface area contributed by atoms with Crippen LogP contribution in [-0.4, -0.2) is 31.3 Å². The second-order valence-corrected chi connectivity index (χ2v) is 8.26. The summed E-state index contributed by atoms with van der Waals surface area (Å²) in [4.78, 5) is 29.4. The van der Waals surface area contributed by atoms with Crippen LogP contribution in [0, 0.1) is 13.8 Å². The van der Waals surface area contributed by atoms with Crippen molar-refractivity contribution < 1.29 is 9.59 Å². The molecule has 1 amide bonds. The number of Topliss-reactive ketones (excluding diaryl/α,β-unsaturated/α-hetero) is 1. The van der Waals surface area contributed by atoms with Gasteiger partial charge >= 0.3 is 0 Å². The Morgan fingerprint density at radius 2 is 1.77 bits per heavy atom. The fraction of sp³-hybridized carbons (Fsp3) is 0.174. The molecule has 2 heterocycles. The van der Waals surface area contributed by atoms with Gasteiger partial charge in [-0.25, -0.2) is 4.98 Å². The number of carbonyl (C=O) groups excluding carboxylic acids is 2. The van der Waals surface area contributed by atoms with Crippen molar-refractivity contribution in [3.63, 3.8) is 0 Å². The van der Waals surface area contributed by atoms with Crippen LogP contribution in [0.25, 0.3) is 5.78 Å². The SMILES string of the molecule is CC(=O)c1cccc(NC(=O)C(Sc2nnc3nc(C)cc(C)n23)c2ccccc2)c1. The summed E-state index contributed by atoms with van der Waals surface area (Å²) in [5.74, 6) is 0.228. The molecule has 156 valence electrons. The number of fused-ring (bicyclic) bond motifs is 1. The number of benzene rings is 2. The first-order valence-corrected chi connectivity index (χ1v) is 10.6. The molecule has 2 aromatic heterocycles. The normalized spacial score (nSPS) is 12.0. The van der Waals surface area contributed by atoms with Gasteiger partial charge in [0.15, 0.2) is 10.9 Å². The van der Waals surface area contributed by atoms with Gasteiger partial charge in [-0.05, 0) is 44.5 Å². The lowest BCUT2D eigenvalue weighted by atomic mass is 10.1. The molecule has 0 radical (unpaired) electrons. The van der Waals surface area contributed by atoms with Crippen LogP contribution < -0.4 is 5.32 Å². The van der Waals surface area contributed by atoms with Gasteiger partial charge in [-0.2, -0.15) is 0 Å². The maximum atomic E-state index is 13.3. The lowest BCUT2D eigenvalue weighted by molar-refractivity contribution is -0.115. The molecule has 8 heteroatoms. The number of hydrogen-bond donors (Lipinski definition) is 1. The van der Waals surface area contributed by atoms with Crippen LogP contribution in [0.4, 0.5) is 5.69 Å². The molecule has 31 heavy (non-hydrogen) atoms. The van der Waals surface area contributed by atoms with Gasteiger partial charge in [0.05, 0.1) is 0 Å². The molecule has 4 aromatic rings. The highest BCUT2D eigenvalue weighted by molar-refractivity contribution is 8.00. The number of aryl methyl sites for hydroxylation is 2. The Morgan fingerprint density at radius 3 is 2.52 bits per heavy atom. The molecule has 0 bridgehead atoms. The topological polar surface area (TPSA) is 89.2 Å². The summed E-state index contributed by atoms with van der Waals surface area (Å²) in [5.41, 5.74) is 3.75. The Kier molecular flexibility index (Phi) is 5.81. The molecular weight excluding hydrogens is 410 g/mol. The fourth-order valence-corrected chi connectivity index (χ4v) is 4.40. The zero-order chi connectivity index (χ0) is 22.0. The molecule has 0 fully saturated rings. The zero-order valence-corrected chi connectivity index (χ0v) is 18.2. The van der Waals surface area contributed by atoms with E-state index < -0.39 is 5.25 Å². The number of thioether (sulfide) groups is 1. The van der Waals surface area contributed by atoms with Crippen molar-refractivity contribution in [2.45, 2.75) is 31.2 Å². The van der Waals surface area contributed by atoms with E-state index in [2.05, 4.69) is 20.5 Å². The van der Waals surface area contributed by atoms with Gasteiger partial charge in [0.2, 0.25) is 5.91 Å². The van der Waals surface area contributed by atoms with Crippen molar-refractivity contribution in [3.8, 4) is 0 Å². The molecule has 0 aliphatic heterocycles. The molecule has 0 saturated carbocycles. The molecule has 1 atom stereocenters. The monoisotopic (exact) mass is 431 g/mol. The standard InChI is InChI=1S/C23H21N5O2S/c1-14-12-15(2)28-22(24-14)26-27-23(28)31-20(17-8-5-4-6-9-17)21(30)25-19-11-7-10-18(13-19)16(3)29/h4-13,20H,1-3H3,(H,25,30). The van der Waals surface area contributed by atoms with Crippen LogP contribution in [0.15, 0.2) is 65.8 Å². The minimum absolute atomic E-state index is 0.0571. The summed E-state index contributed by atoms with van der Waals surface area (Å²) in [6, 6.07) is 18.4. The molecule has 4 rings (SSSR count). The Balaban J connectivity index is 1.68. The quantitative estimate of drug-likeness (QED) is 0.359. The largest absolute Gasteiger partial charge is 0.325 e. The Morgan fingerprint density at radius 1 is 1.00 bits per heavy atom. The van der Waals surface area contributed by atoms with Gasteiger partial charge in [-0.15, -0.1) is 10.2 Å². The fourth-order valence-electron chi connectivity index (χ4n) is 3.31. The lowest BCUT2D eigenvalue weighted by Gasteiger charge is -2.17. The first-order valence-electron chi connectivity index (χ1n) is 9.75. The maximum Gasteiger partial charge on any atom is 0.256 e. The van der Waals surface area contributed by atoms with Crippen molar-refractivity contribution >= 4 is 34.9 Å². The van der Waals surface area contributed by atoms with Crippen LogP contribution in [0.2, 0.25) is 0 Å². The Hall–Kier alpha value is -3.52. The van der Waals surface area contributed by atoms with Crippen LogP contribution in [0.1, 0.15) is 39.5 Å². The predicted octanol–water partition coefficient (Wildman–Crippen LogP) is 4.42. The lowest BCUT2D eigenvalue weighted by Crippen LogP contribution is -2.19. The van der Waals surface area contributed by atoms with Gasteiger partial charge in [0.25, 0.3) is 5.78 Å². The molecular formula is C23H21N5O2S. The van der Waals surface area contributed by atoms with Crippen molar-refractivity contribution in [2.24, 2.45) is 0 Å². The van der Waals surface area contributed by atoms with Gasteiger partial charge in [0, 0.05) is 22.6 Å². The van der Waals surface area contributed by atoms with Gasteiger partial charge in [-0.1, -0.05) is 54.2 Å². The first-order chi connectivity index (χ1) is 14.9. The highest BCUT2D eigenvalue weighted by Gasteiger charge is 2.25. The van der Waals surface area contributed by atoms with Crippen LogP contribution in [0.5, 0.6) is 0 Å². The third-order valence-corrected chi connectivity index (χ3v) is 5.96. The number of rotatable bonds is 6. The third-order valence-electron chi connectivity index (χ3n) is 4.76. The van der Waals surface area contributed by atoms with Crippen LogP contribution in [-0.2, 0) is 4.79 Å². The number of nitrogens with one attached hydrogen (secondary N) is 1. The van der Waals surface area contributed by atoms with E-state index in [1.54, 1.807) is 24.3 Å². The van der Waals surface area contributed by atoms with E-state index in [1.807, 2.05) is 54.6 Å². The highest BCUT2D eigenvalue weighted by Crippen LogP contribution is 2.35. The van der Waals surface area contributed by atoms with E-state index in [0.29, 0.717) is 22.2 Å². The zero-order valence-electron chi connectivity index (χ0n) is 17.4. The molecule has 7 nitrogen and oxygen atoms in total. The average Bonchev–Trinajstić information content (AvgIpc) is 3.15. The van der Waals surface area contributed by atoms with E-state index in [-0.39, 0.29) is 11.7 Å². The maximum absolute atomic E-state index is 13.3. The molecule has 1 N–H and O–H groups in total. The number of hydrogen-bond acceptors (Lipinski definition) is 6. The van der Waals surface area contributed by atoms with Gasteiger partial charge < -0.3 is 5.32 Å². The second kappa shape index (κ2) is 8.69. The third kappa shape index (κ3) is 4.49. The average molecular weight is 432 g/mol. The van der Waals surface area contributed by atoms with E-state index in [0.717, 1.165) is 17.0 Å². The van der Waals surface area contributed by atoms with Crippen molar-refractivity contribution in [1.82, 2.24) is 19.6 Å². The van der Waals surface area contributed by atoms with E-state index in [4.69, 9.17) is 0 Å². The summed E-state index contributed by atoms with van der Waals surface area (Å²) >= 11 is 1.31.